The molecule has 1 aromatic carbocycles. The van der Waals surface area contributed by atoms with Crippen LogP contribution in [0.4, 0.5) is 11.4 Å². The fraction of sp³-hybridized carbons (Fsp3) is 0.588. The highest BCUT2D eigenvalue weighted by Crippen LogP contribution is 2.27. The van der Waals surface area contributed by atoms with Gasteiger partial charge in [-0.25, -0.2) is 0 Å². The molecule has 4 nitrogen and oxygen atoms in total. The maximum Gasteiger partial charge on any atom is 0.221 e. The van der Waals surface area contributed by atoms with E-state index in [1.54, 1.807) is 0 Å². The SMILES string of the molecule is CC(=O)Nc1ccc(C)c(NC2CC(C)N(C)CC2C)c1. The van der Waals surface area contributed by atoms with Crippen LogP contribution in [-0.4, -0.2) is 36.5 Å². The van der Waals surface area contributed by atoms with Gasteiger partial charge in [0, 0.05) is 36.9 Å². The predicted octanol–water partition coefficient (Wildman–Crippen LogP) is 3.09. The number of benzene rings is 1. The lowest BCUT2D eigenvalue weighted by Gasteiger charge is -2.40. The molecule has 2 rings (SSSR count). The Morgan fingerprint density at radius 3 is 2.71 bits per heavy atom. The predicted molar refractivity (Wildman–Crippen MR) is 88.8 cm³/mol. The van der Waals surface area contributed by atoms with Crippen molar-refractivity contribution in [3.8, 4) is 0 Å². The molecule has 0 aromatic heterocycles. The molecule has 1 heterocycles. The zero-order chi connectivity index (χ0) is 15.6. The van der Waals surface area contributed by atoms with Crippen LogP contribution >= 0.6 is 0 Å². The Labute approximate surface area is 127 Å². The molecule has 3 unspecified atom stereocenters. The van der Waals surface area contributed by atoms with Crippen molar-refractivity contribution in [3.63, 3.8) is 0 Å². The van der Waals surface area contributed by atoms with Crippen molar-refractivity contribution < 1.29 is 4.79 Å². The van der Waals surface area contributed by atoms with Gasteiger partial charge in [0.15, 0.2) is 0 Å². The number of hydrogen-bond donors (Lipinski definition) is 2. The number of hydrogen-bond acceptors (Lipinski definition) is 3. The van der Waals surface area contributed by atoms with E-state index in [9.17, 15) is 4.79 Å². The number of piperidine rings is 1. The molecular formula is C17H27N3O. The first-order chi connectivity index (χ1) is 9.86. The van der Waals surface area contributed by atoms with Crippen molar-refractivity contribution in [2.45, 2.75) is 46.2 Å². The van der Waals surface area contributed by atoms with E-state index in [-0.39, 0.29) is 5.91 Å². The number of rotatable bonds is 3. The Balaban J connectivity index is 2.13. The van der Waals surface area contributed by atoms with Crippen LogP contribution in [0.5, 0.6) is 0 Å². The second-order valence-corrected chi connectivity index (χ2v) is 6.46. The van der Waals surface area contributed by atoms with Gasteiger partial charge in [0.1, 0.15) is 0 Å². The van der Waals surface area contributed by atoms with Gasteiger partial charge in [0.05, 0.1) is 0 Å². The number of nitrogens with zero attached hydrogens (tertiary/aromatic N) is 1. The summed E-state index contributed by atoms with van der Waals surface area (Å²) in [4.78, 5) is 13.6. The topological polar surface area (TPSA) is 44.4 Å². The van der Waals surface area contributed by atoms with E-state index in [4.69, 9.17) is 0 Å². The summed E-state index contributed by atoms with van der Waals surface area (Å²) in [7, 11) is 2.19. The number of aryl methyl sites for hydroxylation is 1. The second-order valence-electron chi connectivity index (χ2n) is 6.46. The maximum atomic E-state index is 11.2. The lowest BCUT2D eigenvalue weighted by molar-refractivity contribution is -0.114. The highest BCUT2D eigenvalue weighted by molar-refractivity contribution is 5.89. The average Bonchev–Trinajstić information content (AvgIpc) is 2.39. The maximum absolute atomic E-state index is 11.2. The number of carbonyl (C=O) groups is 1. The molecule has 0 aliphatic carbocycles. The van der Waals surface area contributed by atoms with E-state index in [0.29, 0.717) is 18.0 Å². The Morgan fingerprint density at radius 2 is 2.05 bits per heavy atom. The van der Waals surface area contributed by atoms with E-state index in [0.717, 1.165) is 24.3 Å². The molecule has 0 spiro atoms. The minimum absolute atomic E-state index is 0.0360. The zero-order valence-corrected chi connectivity index (χ0v) is 13.7. The van der Waals surface area contributed by atoms with Crippen LogP contribution in [-0.2, 0) is 4.79 Å². The third kappa shape index (κ3) is 3.97. The third-order valence-electron chi connectivity index (χ3n) is 4.51. The van der Waals surface area contributed by atoms with Crippen molar-refractivity contribution in [3.05, 3.63) is 23.8 Å². The van der Waals surface area contributed by atoms with Crippen LogP contribution in [0.2, 0.25) is 0 Å². The number of amides is 1. The monoisotopic (exact) mass is 289 g/mol. The van der Waals surface area contributed by atoms with Crippen LogP contribution in [0.3, 0.4) is 0 Å². The molecule has 1 aliphatic rings. The van der Waals surface area contributed by atoms with Gasteiger partial charge in [-0.3, -0.25) is 4.79 Å². The highest BCUT2D eigenvalue weighted by atomic mass is 16.1. The molecule has 2 N–H and O–H groups in total. The summed E-state index contributed by atoms with van der Waals surface area (Å²) in [5.41, 5.74) is 3.18. The lowest BCUT2D eigenvalue weighted by Crippen LogP contribution is -2.48. The number of likely N-dealkylation sites (tertiary alicyclic amines) is 1. The molecule has 1 amide bonds. The van der Waals surface area contributed by atoms with E-state index in [2.05, 4.69) is 49.4 Å². The van der Waals surface area contributed by atoms with Gasteiger partial charge < -0.3 is 15.5 Å². The van der Waals surface area contributed by atoms with Crippen LogP contribution < -0.4 is 10.6 Å². The quantitative estimate of drug-likeness (QED) is 0.898. The first kappa shape index (κ1) is 15.8. The number of anilines is 2. The van der Waals surface area contributed by atoms with Crippen molar-refractivity contribution in [1.29, 1.82) is 0 Å². The standard InChI is InChI=1S/C17H27N3O/c1-11-6-7-15(18-14(4)21)9-17(11)19-16-8-13(3)20(5)10-12(16)2/h6-7,9,12-13,16,19H,8,10H2,1-5H3,(H,18,21). The molecule has 116 valence electrons. The molecule has 21 heavy (non-hydrogen) atoms. The summed E-state index contributed by atoms with van der Waals surface area (Å²) in [6, 6.07) is 7.10. The smallest absolute Gasteiger partial charge is 0.221 e. The fourth-order valence-corrected chi connectivity index (χ4v) is 3.00. The molecule has 0 bridgehead atoms. The summed E-state index contributed by atoms with van der Waals surface area (Å²) in [6.45, 7) is 9.33. The average molecular weight is 289 g/mol. The Morgan fingerprint density at radius 1 is 1.33 bits per heavy atom. The van der Waals surface area contributed by atoms with Crippen molar-refractivity contribution in [1.82, 2.24) is 4.90 Å². The first-order valence-corrected chi connectivity index (χ1v) is 7.72. The number of carbonyl (C=O) groups excluding carboxylic acids is 1. The van der Waals surface area contributed by atoms with E-state index < -0.39 is 0 Å². The fourth-order valence-electron chi connectivity index (χ4n) is 3.00. The van der Waals surface area contributed by atoms with Crippen LogP contribution in [0.15, 0.2) is 18.2 Å². The van der Waals surface area contributed by atoms with E-state index in [1.165, 1.54) is 12.5 Å². The summed E-state index contributed by atoms with van der Waals surface area (Å²) in [6.07, 6.45) is 1.14. The van der Waals surface area contributed by atoms with Gasteiger partial charge in [-0.2, -0.15) is 0 Å². The number of nitrogens with one attached hydrogen (secondary N) is 2. The van der Waals surface area contributed by atoms with E-state index >= 15 is 0 Å². The third-order valence-corrected chi connectivity index (χ3v) is 4.51. The minimum atomic E-state index is -0.0360. The largest absolute Gasteiger partial charge is 0.382 e. The van der Waals surface area contributed by atoms with Gasteiger partial charge in [0.25, 0.3) is 0 Å². The Hall–Kier alpha value is -1.55. The summed E-state index contributed by atoms with van der Waals surface area (Å²) < 4.78 is 0. The zero-order valence-electron chi connectivity index (χ0n) is 13.7. The van der Waals surface area contributed by atoms with Crippen molar-refractivity contribution >= 4 is 17.3 Å². The van der Waals surface area contributed by atoms with E-state index in [1.807, 2.05) is 12.1 Å². The normalized spacial score (nSPS) is 26.4. The summed E-state index contributed by atoms with van der Waals surface area (Å²) >= 11 is 0. The summed E-state index contributed by atoms with van der Waals surface area (Å²) in [5, 5.41) is 6.54. The Bertz CT molecular complexity index is 515. The van der Waals surface area contributed by atoms with Gasteiger partial charge in [-0.1, -0.05) is 13.0 Å². The lowest BCUT2D eigenvalue weighted by atomic mass is 9.89. The molecule has 0 radical (unpaired) electrons. The van der Waals surface area contributed by atoms with Crippen molar-refractivity contribution in [2.24, 2.45) is 5.92 Å². The summed E-state index contributed by atoms with van der Waals surface area (Å²) in [5.74, 6) is 0.570. The molecule has 4 heteroatoms. The first-order valence-electron chi connectivity index (χ1n) is 7.72. The van der Waals surface area contributed by atoms with Gasteiger partial charge in [0.2, 0.25) is 5.91 Å². The van der Waals surface area contributed by atoms with Crippen LogP contribution in [0.25, 0.3) is 0 Å². The Kier molecular flexibility index (Phi) is 4.88. The highest BCUT2D eigenvalue weighted by Gasteiger charge is 2.28. The molecule has 1 aromatic rings. The van der Waals surface area contributed by atoms with Crippen LogP contribution in [0.1, 0.15) is 32.8 Å². The molecule has 1 aliphatic heterocycles. The molecule has 3 atom stereocenters. The van der Waals surface area contributed by atoms with Crippen molar-refractivity contribution in [2.75, 3.05) is 24.2 Å². The minimum Gasteiger partial charge on any atom is -0.382 e. The molecule has 0 saturated carbocycles. The van der Waals surface area contributed by atoms with Crippen LogP contribution in [0, 0.1) is 12.8 Å². The molecular weight excluding hydrogens is 262 g/mol. The van der Waals surface area contributed by atoms with Gasteiger partial charge >= 0.3 is 0 Å². The molecule has 1 saturated heterocycles. The van der Waals surface area contributed by atoms with Gasteiger partial charge in [-0.05, 0) is 50.9 Å². The van der Waals surface area contributed by atoms with Gasteiger partial charge in [-0.15, -0.1) is 0 Å². The second kappa shape index (κ2) is 6.48. The molecule has 1 fully saturated rings.